The number of nitrogens with zero attached hydrogens (tertiary/aromatic N) is 1. The molecular formula is C47H76FN. The topological polar surface area (TPSA) is 23.8 Å². The van der Waals surface area contributed by atoms with E-state index in [-0.39, 0.29) is 5.82 Å². The second kappa shape index (κ2) is 39.0. The first-order chi connectivity index (χ1) is 23.3. The van der Waals surface area contributed by atoms with Gasteiger partial charge >= 0.3 is 0 Å². The van der Waals surface area contributed by atoms with Gasteiger partial charge in [-0.2, -0.15) is 5.26 Å². The Kier molecular flexibility index (Phi) is 41.7. The first kappa shape index (κ1) is 52.4. The van der Waals surface area contributed by atoms with Crippen molar-refractivity contribution >= 4 is 0 Å². The molecule has 1 nitrogen and oxygen atoms in total. The van der Waals surface area contributed by atoms with Crippen LogP contribution >= 0.6 is 0 Å². The van der Waals surface area contributed by atoms with Crippen LogP contribution < -0.4 is 0 Å². The molecular weight excluding hydrogens is 598 g/mol. The van der Waals surface area contributed by atoms with Gasteiger partial charge in [-0.25, -0.2) is 4.39 Å². The van der Waals surface area contributed by atoms with Crippen LogP contribution in [0.25, 0.3) is 0 Å². The van der Waals surface area contributed by atoms with Crippen LogP contribution in [0.4, 0.5) is 4.39 Å². The standard InChI is InChI=1S/C12H18.C8H9F.C8H13N.C8H10.2C4H10.C3H6/c1-3-4-8-11(2)12-9-6-5-7-10-12;1-6-3-4-8(9)7(2)5-6;1-4-7(2)8(3)5-6-9;1-7-5-3-4-6-8(7)2;2*1-3-4-2;1-3-2/h5-7,9-11H,3-4,8H2,1-2H3;3-5H,1-2H3;5,7H,4H2,1-3H3;3-6H,1-2H3;2*3-4H2,1-2H3;3H,1H2,2H3/b;;8-5+;;;;. The van der Waals surface area contributed by atoms with Crippen molar-refractivity contribution in [1.82, 2.24) is 0 Å². The van der Waals surface area contributed by atoms with Crippen molar-refractivity contribution in [2.45, 2.75) is 154 Å². The summed E-state index contributed by atoms with van der Waals surface area (Å²) in [5, 5.41) is 8.25. The van der Waals surface area contributed by atoms with Gasteiger partial charge in [-0.15, -0.1) is 6.58 Å². The van der Waals surface area contributed by atoms with Crippen LogP contribution in [-0.4, -0.2) is 0 Å². The molecule has 0 spiro atoms. The molecule has 0 aromatic heterocycles. The molecule has 0 heterocycles. The van der Waals surface area contributed by atoms with Gasteiger partial charge in [0.25, 0.3) is 0 Å². The smallest absolute Gasteiger partial charge is 0.126 e. The maximum Gasteiger partial charge on any atom is 0.126 e. The van der Waals surface area contributed by atoms with E-state index in [1.807, 2.05) is 32.9 Å². The lowest BCUT2D eigenvalue weighted by molar-refractivity contribution is 0.618. The molecule has 0 aliphatic heterocycles. The summed E-state index contributed by atoms with van der Waals surface area (Å²) in [6.07, 6.45) is 13.7. The van der Waals surface area contributed by atoms with Crippen LogP contribution in [0.3, 0.4) is 0 Å². The first-order valence-electron chi connectivity index (χ1n) is 18.7. The summed E-state index contributed by atoms with van der Waals surface area (Å²) in [5.41, 5.74) is 7.22. The van der Waals surface area contributed by atoms with Crippen LogP contribution in [0.2, 0.25) is 0 Å². The zero-order valence-electron chi connectivity index (χ0n) is 34.4. The Morgan fingerprint density at radius 2 is 1.18 bits per heavy atom. The minimum absolute atomic E-state index is 0.124. The number of benzene rings is 3. The van der Waals surface area contributed by atoms with E-state index in [1.54, 1.807) is 25.1 Å². The molecule has 2 atom stereocenters. The lowest BCUT2D eigenvalue weighted by Crippen LogP contribution is -1.92. The van der Waals surface area contributed by atoms with Crippen molar-refractivity contribution in [3.63, 3.8) is 0 Å². The summed E-state index contributed by atoms with van der Waals surface area (Å²) < 4.78 is 12.5. The summed E-state index contributed by atoms with van der Waals surface area (Å²) in [5.74, 6) is 1.16. The van der Waals surface area contributed by atoms with Crippen LogP contribution in [0.5, 0.6) is 0 Å². The molecule has 2 heteroatoms. The Labute approximate surface area is 305 Å². The molecule has 0 aliphatic carbocycles. The van der Waals surface area contributed by atoms with E-state index in [1.165, 1.54) is 73.3 Å². The van der Waals surface area contributed by atoms with Gasteiger partial charge in [0.15, 0.2) is 0 Å². The molecule has 3 aromatic rings. The zero-order valence-corrected chi connectivity index (χ0v) is 34.4. The van der Waals surface area contributed by atoms with Crippen molar-refractivity contribution in [3.8, 4) is 6.07 Å². The molecule has 0 aliphatic rings. The average Bonchev–Trinajstić information content (AvgIpc) is 3.11. The third-order valence-electron chi connectivity index (χ3n) is 7.78. The summed E-state index contributed by atoms with van der Waals surface area (Å²) >= 11 is 0. The SMILES string of the molecule is C=CC.CCC(C)/C(C)=C/C#N.CCCC.CCCC.CCCCC(C)c1ccccc1.Cc1ccc(F)c(C)c1.Cc1ccccc1C. The van der Waals surface area contributed by atoms with Gasteiger partial charge in [0.2, 0.25) is 0 Å². The lowest BCUT2D eigenvalue weighted by Gasteiger charge is -2.10. The second-order valence-corrected chi connectivity index (χ2v) is 12.5. The molecule has 276 valence electrons. The Hall–Kier alpha value is -3.44. The van der Waals surface area contributed by atoms with Crippen molar-refractivity contribution < 1.29 is 4.39 Å². The zero-order chi connectivity index (χ0) is 38.5. The van der Waals surface area contributed by atoms with Crippen molar-refractivity contribution in [3.05, 3.63) is 131 Å². The highest BCUT2D eigenvalue weighted by Gasteiger charge is 2.02. The molecule has 0 N–H and O–H groups in total. The van der Waals surface area contributed by atoms with E-state index in [0.29, 0.717) is 5.92 Å². The van der Waals surface area contributed by atoms with Gasteiger partial charge in [-0.05, 0) is 94.5 Å². The van der Waals surface area contributed by atoms with Gasteiger partial charge in [-0.3, -0.25) is 0 Å². The minimum atomic E-state index is -0.124. The lowest BCUT2D eigenvalue weighted by atomic mass is 9.96. The number of hydrogen-bond acceptors (Lipinski definition) is 1. The fourth-order valence-electron chi connectivity index (χ4n) is 3.48. The van der Waals surface area contributed by atoms with Crippen LogP contribution in [0, 0.1) is 50.8 Å². The number of allylic oxidation sites excluding steroid dienone is 3. The van der Waals surface area contributed by atoms with Gasteiger partial charge in [-0.1, -0.05) is 178 Å². The minimum Gasteiger partial charge on any atom is -0.207 e. The van der Waals surface area contributed by atoms with E-state index in [4.69, 9.17) is 5.26 Å². The predicted octanol–water partition coefficient (Wildman–Crippen LogP) is 16.0. The van der Waals surface area contributed by atoms with Gasteiger partial charge in [0.1, 0.15) is 5.82 Å². The quantitative estimate of drug-likeness (QED) is 0.172. The molecule has 3 rings (SSSR count). The Bertz CT molecular complexity index is 1170. The maximum absolute atomic E-state index is 12.5. The second-order valence-electron chi connectivity index (χ2n) is 12.5. The highest BCUT2D eigenvalue weighted by Crippen LogP contribution is 2.20. The first-order valence-corrected chi connectivity index (χ1v) is 18.7. The maximum atomic E-state index is 12.5. The van der Waals surface area contributed by atoms with Gasteiger partial charge in [0.05, 0.1) is 6.07 Å². The van der Waals surface area contributed by atoms with Crippen molar-refractivity contribution in [2.75, 3.05) is 0 Å². The molecule has 49 heavy (non-hydrogen) atoms. The Morgan fingerprint density at radius 3 is 1.51 bits per heavy atom. The fraction of sp³-hybridized carbons (Fsp3) is 0.511. The summed E-state index contributed by atoms with van der Waals surface area (Å²) in [6, 6.07) is 26.2. The van der Waals surface area contributed by atoms with E-state index < -0.39 is 0 Å². The molecule has 0 saturated heterocycles. The molecule has 0 bridgehead atoms. The van der Waals surface area contributed by atoms with Crippen LogP contribution in [0.1, 0.15) is 154 Å². The molecule has 0 amide bonds. The fourth-order valence-corrected chi connectivity index (χ4v) is 3.48. The van der Waals surface area contributed by atoms with Gasteiger partial charge in [0, 0.05) is 6.08 Å². The third-order valence-corrected chi connectivity index (χ3v) is 7.78. The number of aryl methyl sites for hydroxylation is 4. The van der Waals surface area contributed by atoms with Crippen LogP contribution in [-0.2, 0) is 0 Å². The molecule has 2 unspecified atom stereocenters. The van der Waals surface area contributed by atoms with Crippen molar-refractivity contribution in [1.29, 1.82) is 5.26 Å². The molecule has 0 saturated carbocycles. The largest absolute Gasteiger partial charge is 0.207 e. The number of unbranched alkanes of at least 4 members (excludes halogenated alkanes) is 3. The summed E-state index contributed by atoms with van der Waals surface area (Å²) in [4.78, 5) is 0. The van der Waals surface area contributed by atoms with Crippen molar-refractivity contribution in [2.24, 2.45) is 5.92 Å². The van der Waals surface area contributed by atoms with E-state index in [2.05, 4.69) is 130 Å². The average molecular weight is 674 g/mol. The van der Waals surface area contributed by atoms with E-state index in [9.17, 15) is 4.39 Å². The summed E-state index contributed by atoms with van der Waals surface area (Å²) in [6.45, 7) is 32.7. The molecule has 0 fully saturated rings. The summed E-state index contributed by atoms with van der Waals surface area (Å²) in [7, 11) is 0. The monoisotopic (exact) mass is 674 g/mol. The Balaban J connectivity index is -0.000000252. The Morgan fingerprint density at radius 1 is 0.735 bits per heavy atom. The van der Waals surface area contributed by atoms with Gasteiger partial charge < -0.3 is 0 Å². The molecule has 3 aromatic carbocycles. The molecule has 0 radical (unpaired) electrons. The normalized spacial score (nSPS) is 10.6. The highest BCUT2D eigenvalue weighted by molar-refractivity contribution is 5.23. The number of hydrogen-bond donors (Lipinski definition) is 0. The number of nitriles is 1. The highest BCUT2D eigenvalue weighted by atomic mass is 19.1. The van der Waals surface area contributed by atoms with Crippen LogP contribution in [0.15, 0.2) is 97.1 Å². The number of rotatable bonds is 8. The predicted molar refractivity (Wildman–Crippen MR) is 222 cm³/mol. The number of halogens is 1. The van der Waals surface area contributed by atoms with E-state index >= 15 is 0 Å². The van der Waals surface area contributed by atoms with E-state index in [0.717, 1.165) is 23.5 Å². The third kappa shape index (κ3) is 35.7.